The SMILES string of the molecule is C1=CC(=NN2CCCC2)C(=Cc2ccccc2)CC1. The predicted molar refractivity (Wildman–Crippen MR) is 81.0 cm³/mol. The Morgan fingerprint density at radius 3 is 2.63 bits per heavy atom. The lowest BCUT2D eigenvalue weighted by Gasteiger charge is -2.17. The highest BCUT2D eigenvalue weighted by Gasteiger charge is 2.13. The van der Waals surface area contributed by atoms with Crippen LogP contribution in [0.3, 0.4) is 0 Å². The maximum Gasteiger partial charge on any atom is 0.0860 e. The smallest absolute Gasteiger partial charge is 0.0860 e. The number of hydrogen-bond donors (Lipinski definition) is 0. The third-order valence-electron chi connectivity index (χ3n) is 3.66. The monoisotopic (exact) mass is 252 g/mol. The van der Waals surface area contributed by atoms with Gasteiger partial charge in [-0.2, -0.15) is 5.10 Å². The van der Waals surface area contributed by atoms with Crippen LogP contribution in [0.2, 0.25) is 0 Å². The van der Waals surface area contributed by atoms with Crippen LogP contribution in [-0.4, -0.2) is 23.8 Å². The molecule has 0 amide bonds. The molecule has 0 spiro atoms. The molecule has 2 heteroatoms. The van der Waals surface area contributed by atoms with E-state index >= 15 is 0 Å². The Morgan fingerprint density at radius 2 is 1.84 bits per heavy atom. The maximum absolute atomic E-state index is 4.81. The van der Waals surface area contributed by atoms with E-state index in [1.54, 1.807) is 0 Å². The number of nitrogens with zero attached hydrogens (tertiary/aromatic N) is 2. The fraction of sp³-hybridized carbons (Fsp3) is 0.353. The largest absolute Gasteiger partial charge is 0.296 e. The second-order valence-electron chi connectivity index (χ2n) is 5.17. The molecule has 0 unspecified atom stereocenters. The molecule has 1 aromatic carbocycles. The summed E-state index contributed by atoms with van der Waals surface area (Å²) < 4.78 is 0. The van der Waals surface area contributed by atoms with E-state index in [4.69, 9.17) is 5.10 Å². The lowest BCUT2D eigenvalue weighted by atomic mass is 9.97. The molecule has 3 rings (SSSR count). The summed E-state index contributed by atoms with van der Waals surface area (Å²) in [4.78, 5) is 0. The normalized spacial score (nSPS) is 23.5. The molecule has 1 heterocycles. The summed E-state index contributed by atoms with van der Waals surface area (Å²) in [5.74, 6) is 0. The first-order chi connectivity index (χ1) is 9.42. The molecule has 0 aromatic heterocycles. The third-order valence-corrected chi connectivity index (χ3v) is 3.66. The highest BCUT2D eigenvalue weighted by Crippen LogP contribution is 2.20. The molecule has 1 aliphatic heterocycles. The first-order valence-corrected chi connectivity index (χ1v) is 7.18. The fourth-order valence-electron chi connectivity index (χ4n) is 2.62. The zero-order valence-electron chi connectivity index (χ0n) is 11.3. The van der Waals surface area contributed by atoms with Crippen molar-refractivity contribution in [3.8, 4) is 0 Å². The van der Waals surface area contributed by atoms with E-state index in [2.05, 4.69) is 53.6 Å². The molecular formula is C17H20N2. The second-order valence-corrected chi connectivity index (χ2v) is 5.17. The molecule has 19 heavy (non-hydrogen) atoms. The molecule has 1 fully saturated rings. The molecule has 0 saturated carbocycles. The number of hydrogen-bond acceptors (Lipinski definition) is 2. The van der Waals surface area contributed by atoms with Crippen LogP contribution >= 0.6 is 0 Å². The van der Waals surface area contributed by atoms with Crippen molar-refractivity contribution in [1.29, 1.82) is 0 Å². The van der Waals surface area contributed by atoms with E-state index < -0.39 is 0 Å². The molecule has 1 saturated heterocycles. The standard InChI is InChI=1S/C17H20N2/c1-2-8-15(9-3-1)14-16-10-4-5-11-17(16)18-19-12-6-7-13-19/h1-3,5,8-9,11,14H,4,6-7,10,12-13H2. The van der Waals surface area contributed by atoms with E-state index in [0.717, 1.165) is 31.6 Å². The summed E-state index contributed by atoms with van der Waals surface area (Å²) >= 11 is 0. The summed E-state index contributed by atoms with van der Waals surface area (Å²) in [6.07, 6.45) is 11.5. The molecule has 0 N–H and O–H groups in total. The van der Waals surface area contributed by atoms with Gasteiger partial charge in [-0.1, -0.05) is 36.4 Å². The van der Waals surface area contributed by atoms with Crippen LogP contribution in [0.25, 0.3) is 6.08 Å². The average Bonchev–Trinajstić information content (AvgIpc) is 2.95. The van der Waals surface area contributed by atoms with Gasteiger partial charge in [0.1, 0.15) is 0 Å². The Kier molecular flexibility index (Phi) is 3.78. The van der Waals surface area contributed by atoms with Crippen molar-refractivity contribution in [2.75, 3.05) is 13.1 Å². The minimum absolute atomic E-state index is 1.10. The summed E-state index contributed by atoms with van der Waals surface area (Å²) in [5.41, 5.74) is 3.78. The van der Waals surface area contributed by atoms with Gasteiger partial charge in [0, 0.05) is 13.1 Å². The van der Waals surface area contributed by atoms with Crippen LogP contribution in [0.4, 0.5) is 0 Å². The topological polar surface area (TPSA) is 15.6 Å². The van der Waals surface area contributed by atoms with Crippen molar-refractivity contribution in [1.82, 2.24) is 5.01 Å². The Morgan fingerprint density at radius 1 is 1.05 bits per heavy atom. The lowest BCUT2D eigenvalue weighted by Crippen LogP contribution is -2.16. The minimum atomic E-state index is 1.10. The Hall–Kier alpha value is -1.83. The van der Waals surface area contributed by atoms with E-state index in [-0.39, 0.29) is 0 Å². The number of allylic oxidation sites excluding steroid dienone is 3. The van der Waals surface area contributed by atoms with Gasteiger partial charge in [0.25, 0.3) is 0 Å². The molecule has 2 aliphatic rings. The fourth-order valence-corrected chi connectivity index (χ4v) is 2.62. The van der Waals surface area contributed by atoms with Crippen molar-refractivity contribution in [3.63, 3.8) is 0 Å². The van der Waals surface area contributed by atoms with E-state index in [9.17, 15) is 0 Å². The summed E-state index contributed by atoms with van der Waals surface area (Å²) in [5, 5.41) is 7.02. The molecule has 0 atom stereocenters. The van der Waals surface area contributed by atoms with Gasteiger partial charge >= 0.3 is 0 Å². The van der Waals surface area contributed by atoms with E-state index in [0.29, 0.717) is 0 Å². The molecule has 0 radical (unpaired) electrons. The maximum atomic E-state index is 4.81. The number of benzene rings is 1. The molecule has 2 nitrogen and oxygen atoms in total. The van der Waals surface area contributed by atoms with Crippen LogP contribution in [0.5, 0.6) is 0 Å². The van der Waals surface area contributed by atoms with Gasteiger partial charge in [-0.3, -0.25) is 5.01 Å². The van der Waals surface area contributed by atoms with Crippen LogP contribution in [0, 0.1) is 0 Å². The predicted octanol–water partition coefficient (Wildman–Crippen LogP) is 3.87. The summed E-state index contributed by atoms with van der Waals surface area (Å²) in [6, 6.07) is 10.5. The Bertz CT molecular complexity index is 505. The number of rotatable bonds is 2. The van der Waals surface area contributed by atoms with Crippen LogP contribution in [0.15, 0.2) is 53.2 Å². The van der Waals surface area contributed by atoms with Gasteiger partial charge in [-0.15, -0.1) is 0 Å². The molecule has 1 aliphatic carbocycles. The van der Waals surface area contributed by atoms with E-state index in [1.807, 2.05) is 0 Å². The highest BCUT2D eigenvalue weighted by molar-refractivity contribution is 6.11. The highest BCUT2D eigenvalue weighted by atomic mass is 15.5. The zero-order valence-corrected chi connectivity index (χ0v) is 11.3. The van der Waals surface area contributed by atoms with Gasteiger partial charge in [0.15, 0.2) is 0 Å². The average molecular weight is 252 g/mol. The van der Waals surface area contributed by atoms with Crippen molar-refractivity contribution in [2.45, 2.75) is 25.7 Å². The van der Waals surface area contributed by atoms with Gasteiger partial charge in [0.05, 0.1) is 5.71 Å². The first kappa shape index (κ1) is 12.2. The Balaban J connectivity index is 1.86. The molecule has 0 bridgehead atoms. The third kappa shape index (κ3) is 3.14. The minimum Gasteiger partial charge on any atom is -0.296 e. The molecule has 98 valence electrons. The van der Waals surface area contributed by atoms with Gasteiger partial charge in [-0.05, 0) is 49.0 Å². The lowest BCUT2D eigenvalue weighted by molar-refractivity contribution is 0.360. The number of hydrazone groups is 1. The van der Waals surface area contributed by atoms with Crippen LogP contribution < -0.4 is 0 Å². The van der Waals surface area contributed by atoms with Crippen molar-refractivity contribution in [2.24, 2.45) is 5.10 Å². The summed E-state index contributed by atoms with van der Waals surface area (Å²) in [7, 11) is 0. The summed E-state index contributed by atoms with van der Waals surface area (Å²) in [6.45, 7) is 2.21. The van der Waals surface area contributed by atoms with Gasteiger partial charge in [0.2, 0.25) is 0 Å². The first-order valence-electron chi connectivity index (χ1n) is 7.18. The zero-order chi connectivity index (χ0) is 12.9. The van der Waals surface area contributed by atoms with Gasteiger partial charge < -0.3 is 0 Å². The van der Waals surface area contributed by atoms with Crippen molar-refractivity contribution < 1.29 is 0 Å². The van der Waals surface area contributed by atoms with Crippen molar-refractivity contribution in [3.05, 3.63) is 53.6 Å². The van der Waals surface area contributed by atoms with Gasteiger partial charge in [-0.25, -0.2) is 0 Å². The van der Waals surface area contributed by atoms with E-state index in [1.165, 1.54) is 24.0 Å². The van der Waals surface area contributed by atoms with Crippen molar-refractivity contribution >= 4 is 11.8 Å². The molecule has 1 aromatic rings. The quantitative estimate of drug-likeness (QED) is 0.780. The van der Waals surface area contributed by atoms with Crippen LogP contribution in [0.1, 0.15) is 31.2 Å². The second kappa shape index (κ2) is 5.87. The van der Waals surface area contributed by atoms with Crippen LogP contribution in [-0.2, 0) is 0 Å². The molecular weight excluding hydrogens is 232 g/mol. The Labute approximate surface area is 115 Å².